The van der Waals surface area contributed by atoms with E-state index in [1.165, 1.54) is 89.0 Å². The van der Waals surface area contributed by atoms with Crippen LogP contribution in [0, 0.1) is 17.7 Å². The molecule has 0 saturated heterocycles. The molecule has 1 nitrogen and oxygen atoms in total. The molecule has 1 saturated carbocycles. The van der Waals surface area contributed by atoms with Crippen LogP contribution in [0.15, 0.2) is 42.5 Å². The van der Waals surface area contributed by atoms with Gasteiger partial charge in [-0.3, -0.25) is 0 Å². The molecule has 0 heterocycles. The average molecular weight is 453 g/mol. The normalized spacial score (nSPS) is 18.4. The third kappa shape index (κ3) is 8.80. The highest BCUT2D eigenvalue weighted by Gasteiger charge is 2.21. The molecular weight excluding hydrogens is 407 g/mol. The summed E-state index contributed by atoms with van der Waals surface area (Å²) in [7, 11) is 0. The Hall–Kier alpha value is -1.83. The zero-order chi connectivity index (χ0) is 23.3. The van der Waals surface area contributed by atoms with E-state index >= 15 is 0 Å². The zero-order valence-corrected chi connectivity index (χ0v) is 21.1. The lowest BCUT2D eigenvalue weighted by Gasteiger charge is -2.28. The van der Waals surface area contributed by atoms with Crippen molar-refractivity contribution in [1.82, 2.24) is 0 Å². The van der Waals surface area contributed by atoms with E-state index in [0.717, 1.165) is 17.9 Å². The van der Waals surface area contributed by atoms with E-state index < -0.39 is 0 Å². The molecule has 0 bridgehead atoms. The fourth-order valence-corrected chi connectivity index (χ4v) is 5.19. The van der Waals surface area contributed by atoms with E-state index in [2.05, 4.69) is 38.1 Å². The van der Waals surface area contributed by atoms with Gasteiger partial charge < -0.3 is 4.74 Å². The molecular formula is C31H45FO. The topological polar surface area (TPSA) is 9.23 Å². The summed E-state index contributed by atoms with van der Waals surface area (Å²) in [4.78, 5) is 0. The lowest BCUT2D eigenvalue weighted by atomic mass is 9.80. The first kappa shape index (κ1) is 25.8. The van der Waals surface area contributed by atoms with Gasteiger partial charge in [-0.05, 0) is 60.8 Å². The van der Waals surface area contributed by atoms with Crippen molar-refractivity contribution in [2.45, 2.75) is 104 Å². The third-order valence-electron chi connectivity index (χ3n) is 7.44. The van der Waals surface area contributed by atoms with Crippen molar-refractivity contribution in [3.8, 4) is 16.9 Å². The number of ether oxygens (including phenoxy) is 1. The first-order chi connectivity index (χ1) is 16.2. The molecule has 0 radical (unpaired) electrons. The number of hydrogen-bond acceptors (Lipinski definition) is 1. The largest absolute Gasteiger partial charge is 0.493 e. The lowest BCUT2D eigenvalue weighted by Crippen LogP contribution is -2.20. The van der Waals surface area contributed by atoms with Crippen LogP contribution in [0.25, 0.3) is 11.1 Å². The minimum Gasteiger partial charge on any atom is -0.493 e. The van der Waals surface area contributed by atoms with Gasteiger partial charge in [-0.1, -0.05) is 102 Å². The molecule has 1 fully saturated rings. The maximum absolute atomic E-state index is 14.8. The molecule has 0 aromatic heterocycles. The van der Waals surface area contributed by atoms with E-state index in [1.807, 2.05) is 12.1 Å². The van der Waals surface area contributed by atoms with Crippen molar-refractivity contribution in [2.24, 2.45) is 11.8 Å². The van der Waals surface area contributed by atoms with Crippen LogP contribution < -0.4 is 4.74 Å². The molecule has 2 aromatic carbocycles. The third-order valence-corrected chi connectivity index (χ3v) is 7.44. The van der Waals surface area contributed by atoms with Gasteiger partial charge in [0.15, 0.2) is 0 Å². The fourth-order valence-electron chi connectivity index (χ4n) is 5.19. The maximum atomic E-state index is 14.8. The summed E-state index contributed by atoms with van der Waals surface area (Å²) in [6.07, 6.45) is 18.2. The Balaban J connectivity index is 1.43. The molecule has 33 heavy (non-hydrogen) atoms. The van der Waals surface area contributed by atoms with Crippen molar-refractivity contribution < 1.29 is 9.13 Å². The minimum atomic E-state index is -0.195. The summed E-state index contributed by atoms with van der Waals surface area (Å²) < 4.78 is 20.8. The van der Waals surface area contributed by atoms with E-state index in [9.17, 15) is 4.39 Å². The number of halogens is 1. The standard InChI is InChI=1S/C31H45FO/c1-3-5-7-8-10-12-26-17-19-28(20-18-26)30-22-21-29(23-31(30)32)33-24-27-15-13-25(14-16-27)11-9-6-4-2/h17-23,25,27H,3-16,24H2,1-2H3/t25-,27-. The Bertz CT molecular complexity index is 789. The monoisotopic (exact) mass is 452 g/mol. The van der Waals surface area contributed by atoms with Crippen molar-refractivity contribution in [1.29, 1.82) is 0 Å². The molecule has 1 aliphatic rings. The van der Waals surface area contributed by atoms with E-state index in [0.29, 0.717) is 23.8 Å². The molecule has 0 atom stereocenters. The molecule has 0 unspecified atom stereocenters. The summed E-state index contributed by atoms with van der Waals surface area (Å²) in [6, 6.07) is 13.8. The molecule has 182 valence electrons. The molecule has 3 rings (SSSR count). The molecule has 1 aliphatic carbocycles. The summed E-state index contributed by atoms with van der Waals surface area (Å²) in [6.45, 7) is 5.24. The van der Waals surface area contributed by atoms with E-state index in [1.54, 1.807) is 6.07 Å². The highest BCUT2D eigenvalue weighted by Crippen LogP contribution is 2.33. The Morgan fingerprint density at radius 1 is 0.758 bits per heavy atom. The Kier molecular flexibility index (Phi) is 11.3. The van der Waals surface area contributed by atoms with Crippen molar-refractivity contribution >= 4 is 0 Å². The second-order valence-corrected chi connectivity index (χ2v) is 10.2. The second-order valence-electron chi connectivity index (χ2n) is 10.2. The van der Waals surface area contributed by atoms with Crippen molar-refractivity contribution in [3.05, 3.63) is 53.8 Å². The quantitative estimate of drug-likeness (QED) is 0.259. The van der Waals surface area contributed by atoms with Crippen LogP contribution in [0.5, 0.6) is 5.75 Å². The minimum absolute atomic E-state index is 0.195. The predicted octanol–water partition coefficient (Wildman–Crippen LogP) is 9.77. The van der Waals surface area contributed by atoms with Gasteiger partial charge in [-0.25, -0.2) is 4.39 Å². The van der Waals surface area contributed by atoms with Crippen LogP contribution in [0.1, 0.15) is 103 Å². The SMILES string of the molecule is CCCCCCCc1ccc(-c2ccc(OC[C@H]3CC[C@H](CCCCC)CC3)cc2F)cc1. The van der Waals surface area contributed by atoms with Gasteiger partial charge in [0.1, 0.15) is 11.6 Å². The summed E-state index contributed by atoms with van der Waals surface area (Å²) in [5.41, 5.74) is 2.94. The van der Waals surface area contributed by atoms with Crippen LogP contribution in [-0.2, 0) is 6.42 Å². The lowest BCUT2D eigenvalue weighted by molar-refractivity contribution is 0.177. The number of rotatable bonds is 14. The highest BCUT2D eigenvalue weighted by molar-refractivity contribution is 5.65. The van der Waals surface area contributed by atoms with Gasteiger partial charge in [0.2, 0.25) is 0 Å². The van der Waals surface area contributed by atoms with Crippen LogP contribution in [0.2, 0.25) is 0 Å². The Labute approximate surface area is 202 Å². The highest BCUT2D eigenvalue weighted by atomic mass is 19.1. The predicted molar refractivity (Wildman–Crippen MR) is 139 cm³/mol. The molecule has 0 spiro atoms. The summed E-state index contributed by atoms with van der Waals surface area (Å²) in [5.74, 6) is 1.99. The van der Waals surface area contributed by atoms with Crippen molar-refractivity contribution in [3.63, 3.8) is 0 Å². The first-order valence-electron chi connectivity index (χ1n) is 13.7. The average Bonchev–Trinajstić information content (AvgIpc) is 2.84. The molecule has 0 amide bonds. The van der Waals surface area contributed by atoms with Crippen LogP contribution in [0.3, 0.4) is 0 Å². The number of aryl methyl sites for hydroxylation is 1. The fraction of sp³-hybridized carbons (Fsp3) is 0.613. The van der Waals surface area contributed by atoms with Gasteiger partial charge in [0.05, 0.1) is 6.61 Å². The van der Waals surface area contributed by atoms with Crippen LogP contribution in [-0.4, -0.2) is 6.61 Å². The van der Waals surface area contributed by atoms with Crippen LogP contribution >= 0.6 is 0 Å². The van der Waals surface area contributed by atoms with Crippen LogP contribution in [0.4, 0.5) is 4.39 Å². The van der Waals surface area contributed by atoms with Gasteiger partial charge >= 0.3 is 0 Å². The van der Waals surface area contributed by atoms with E-state index in [-0.39, 0.29) is 5.82 Å². The molecule has 2 heteroatoms. The Morgan fingerprint density at radius 2 is 1.42 bits per heavy atom. The number of unbranched alkanes of at least 4 members (excludes halogenated alkanes) is 6. The maximum Gasteiger partial charge on any atom is 0.134 e. The van der Waals surface area contributed by atoms with E-state index in [4.69, 9.17) is 4.74 Å². The Morgan fingerprint density at radius 3 is 2.12 bits per heavy atom. The van der Waals surface area contributed by atoms with Gasteiger partial charge in [-0.15, -0.1) is 0 Å². The second kappa shape index (κ2) is 14.4. The molecule has 0 N–H and O–H groups in total. The zero-order valence-electron chi connectivity index (χ0n) is 21.1. The smallest absolute Gasteiger partial charge is 0.134 e. The van der Waals surface area contributed by atoms with Gasteiger partial charge in [0.25, 0.3) is 0 Å². The summed E-state index contributed by atoms with van der Waals surface area (Å²) in [5, 5.41) is 0. The first-order valence-corrected chi connectivity index (χ1v) is 13.7. The van der Waals surface area contributed by atoms with Gasteiger partial charge in [-0.2, -0.15) is 0 Å². The molecule has 2 aromatic rings. The molecule has 0 aliphatic heterocycles. The number of benzene rings is 2. The van der Waals surface area contributed by atoms with Gasteiger partial charge in [0, 0.05) is 11.6 Å². The van der Waals surface area contributed by atoms with Crippen molar-refractivity contribution in [2.75, 3.05) is 6.61 Å². The summed E-state index contributed by atoms with van der Waals surface area (Å²) >= 11 is 0. The number of hydrogen-bond donors (Lipinski definition) is 0.